The second kappa shape index (κ2) is 10.1. The molecule has 2 rings (SSSR count). The van der Waals surface area contributed by atoms with Gasteiger partial charge in [-0.05, 0) is 29.2 Å². The number of rotatable bonds is 8. The van der Waals surface area contributed by atoms with Gasteiger partial charge in [-0.25, -0.2) is 0 Å². The van der Waals surface area contributed by atoms with Crippen LogP contribution < -0.4 is 16.4 Å². The summed E-state index contributed by atoms with van der Waals surface area (Å²) in [4.78, 5) is 24.1. The molecule has 0 bridgehead atoms. The Morgan fingerprint density at radius 3 is 2.31 bits per heavy atom. The molecule has 0 aliphatic carbocycles. The van der Waals surface area contributed by atoms with Crippen LogP contribution in [0.4, 0.5) is 0 Å². The van der Waals surface area contributed by atoms with Crippen molar-refractivity contribution in [1.82, 2.24) is 10.6 Å². The number of nitrogens with one attached hydrogen (secondary N) is 2. The molecule has 0 fully saturated rings. The van der Waals surface area contributed by atoms with Gasteiger partial charge in [0.25, 0.3) is 0 Å². The van der Waals surface area contributed by atoms with E-state index in [-0.39, 0.29) is 42.7 Å². The number of amides is 2. The first-order chi connectivity index (χ1) is 12.0. The third-order valence-corrected chi connectivity index (χ3v) is 4.72. The lowest BCUT2D eigenvalue weighted by molar-refractivity contribution is -0.125. The fourth-order valence-corrected chi connectivity index (χ4v) is 2.70. The number of fused-ring (bicyclic) bond motifs is 1. The summed E-state index contributed by atoms with van der Waals surface area (Å²) in [5.74, 6) is -0.389. The number of nitrogens with two attached hydrogens (primary N) is 1. The van der Waals surface area contributed by atoms with Gasteiger partial charge in [0.15, 0.2) is 0 Å². The molecule has 2 amide bonds. The van der Waals surface area contributed by atoms with Gasteiger partial charge in [0, 0.05) is 12.1 Å². The molecule has 0 aliphatic rings. The van der Waals surface area contributed by atoms with Crippen LogP contribution >= 0.6 is 12.4 Å². The molecule has 0 unspecified atom stereocenters. The van der Waals surface area contributed by atoms with Crippen molar-refractivity contribution in [2.24, 2.45) is 5.73 Å². The SMILES string of the molecule is CCC(N)(CC)CNC(=O)CNC(=O)Cc1cccc2ccccc12.Cl. The topological polar surface area (TPSA) is 84.2 Å². The van der Waals surface area contributed by atoms with Crippen LogP contribution in [0.2, 0.25) is 0 Å². The summed E-state index contributed by atoms with van der Waals surface area (Å²) in [6.07, 6.45) is 1.83. The van der Waals surface area contributed by atoms with Crippen LogP contribution in [-0.2, 0) is 16.0 Å². The number of benzene rings is 2. The highest BCUT2D eigenvalue weighted by atomic mass is 35.5. The lowest BCUT2D eigenvalue weighted by atomic mass is 9.94. The van der Waals surface area contributed by atoms with Crippen LogP contribution in [0.1, 0.15) is 32.3 Å². The summed E-state index contributed by atoms with van der Waals surface area (Å²) >= 11 is 0. The number of hydrogen-bond acceptors (Lipinski definition) is 3. The summed E-state index contributed by atoms with van der Waals surface area (Å²) in [5.41, 5.74) is 6.72. The third kappa shape index (κ3) is 6.00. The van der Waals surface area contributed by atoms with E-state index in [9.17, 15) is 9.59 Å². The second-order valence-electron chi connectivity index (χ2n) is 6.44. The van der Waals surface area contributed by atoms with E-state index in [1.54, 1.807) is 0 Å². The molecule has 5 nitrogen and oxygen atoms in total. The minimum Gasteiger partial charge on any atom is -0.353 e. The minimum absolute atomic E-state index is 0. The average molecular weight is 378 g/mol. The maximum atomic E-state index is 12.2. The predicted octanol–water partition coefficient (Wildman–Crippen LogP) is 2.55. The number of carbonyl (C=O) groups excluding carboxylic acids is 2. The van der Waals surface area contributed by atoms with Gasteiger partial charge in [0.2, 0.25) is 11.8 Å². The van der Waals surface area contributed by atoms with Gasteiger partial charge in [-0.2, -0.15) is 0 Å². The molecule has 0 atom stereocenters. The molecule has 142 valence electrons. The minimum atomic E-state index is -0.386. The van der Waals surface area contributed by atoms with Crippen molar-refractivity contribution in [2.75, 3.05) is 13.1 Å². The molecular formula is C20H28ClN3O2. The largest absolute Gasteiger partial charge is 0.353 e. The van der Waals surface area contributed by atoms with Crippen LogP contribution in [0.25, 0.3) is 10.8 Å². The molecule has 26 heavy (non-hydrogen) atoms. The average Bonchev–Trinajstić information content (AvgIpc) is 2.64. The van der Waals surface area contributed by atoms with Gasteiger partial charge in [0.05, 0.1) is 13.0 Å². The normalized spacial score (nSPS) is 10.9. The van der Waals surface area contributed by atoms with Crippen LogP contribution in [0.15, 0.2) is 42.5 Å². The summed E-state index contributed by atoms with van der Waals surface area (Å²) in [7, 11) is 0. The highest BCUT2D eigenvalue weighted by molar-refractivity contribution is 5.91. The number of carbonyl (C=O) groups is 2. The van der Waals surface area contributed by atoms with Gasteiger partial charge in [-0.15, -0.1) is 12.4 Å². The van der Waals surface area contributed by atoms with Crippen molar-refractivity contribution in [3.63, 3.8) is 0 Å². The van der Waals surface area contributed by atoms with Gasteiger partial charge in [-0.3, -0.25) is 9.59 Å². The zero-order valence-electron chi connectivity index (χ0n) is 15.4. The molecule has 0 spiro atoms. The number of halogens is 1. The molecule has 2 aromatic rings. The monoisotopic (exact) mass is 377 g/mol. The van der Waals surface area contributed by atoms with Gasteiger partial charge in [0.1, 0.15) is 0 Å². The Labute approximate surface area is 161 Å². The summed E-state index contributed by atoms with van der Waals surface area (Å²) in [6, 6.07) is 13.8. The Hall–Kier alpha value is -2.11. The van der Waals surface area contributed by atoms with Crippen LogP contribution in [0.5, 0.6) is 0 Å². The van der Waals surface area contributed by atoms with Crippen molar-refractivity contribution in [1.29, 1.82) is 0 Å². The molecular weight excluding hydrogens is 350 g/mol. The Morgan fingerprint density at radius 1 is 0.962 bits per heavy atom. The highest BCUT2D eigenvalue weighted by Crippen LogP contribution is 2.18. The van der Waals surface area contributed by atoms with Crippen molar-refractivity contribution >= 4 is 35.0 Å². The van der Waals surface area contributed by atoms with Gasteiger partial charge >= 0.3 is 0 Å². The molecule has 0 aliphatic heterocycles. The van der Waals surface area contributed by atoms with E-state index in [1.807, 2.05) is 56.3 Å². The Balaban J connectivity index is 0.00000338. The quantitative estimate of drug-likeness (QED) is 0.661. The molecule has 0 heterocycles. The van der Waals surface area contributed by atoms with Crippen LogP contribution in [0, 0.1) is 0 Å². The molecule has 0 aromatic heterocycles. The first kappa shape index (κ1) is 21.9. The van der Waals surface area contributed by atoms with E-state index in [4.69, 9.17) is 5.73 Å². The van der Waals surface area contributed by atoms with Gasteiger partial charge in [-0.1, -0.05) is 56.3 Å². The molecule has 0 saturated heterocycles. The van der Waals surface area contributed by atoms with Crippen molar-refractivity contribution in [3.05, 3.63) is 48.0 Å². The molecule has 6 heteroatoms. The lowest BCUT2D eigenvalue weighted by Crippen LogP contribution is -2.50. The van der Waals surface area contributed by atoms with Crippen molar-refractivity contribution in [3.8, 4) is 0 Å². The van der Waals surface area contributed by atoms with Crippen LogP contribution in [-0.4, -0.2) is 30.4 Å². The smallest absolute Gasteiger partial charge is 0.239 e. The summed E-state index contributed by atoms with van der Waals surface area (Å²) < 4.78 is 0. The Morgan fingerprint density at radius 2 is 1.62 bits per heavy atom. The maximum Gasteiger partial charge on any atom is 0.239 e. The van der Waals surface area contributed by atoms with E-state index < -0.39 is 0 Å². The van der Waals surface area contributed by atoms with Gasteiger partial charge < -0.3 is 16.4 Å². The highest BCUT2D eigenvalue weighted by Gasteiger charge is 2.20. The van der Waals surface area contributed by atoms with E-state index in [2.05, 4.69) is 10.6 Å². The predicted molar refractivity (Wildman–Crippen MR) is 108 cm³/mol. The van der Waals surface area contributed by atoms with Crippen molar-refractivity contribution in [2.45, 2.75) is 38.6 Å². The fourth-order valence-electron chi connectivity index (χ4n) is 2.70. The van der Waals surface area contributed by atoms with Crippen molar-refractivity contribution < 1.29 is 9.59 Å². The zero-order valence-corrected chi connectivity index (χ0v) is 16.2. The summed E-state index contributed by atoms with van der Waals surface area (Å²) in [6.45, 7) is 4.38. The molecule has 0 saturated carbocycles. The van der Waals surface area contributed by atoms with Crippen LogP contribution in [0.3, 0.4) is 0 Å². The third-order valence-electron chi connectivity index (χ3n) is 4.72. The number of hydrogen-bond donors (Lipinski definition) is 3. The van der Waals surface area contributed by atoms with E-state index in [0.29, 0.717) is 6.54 Å². The molecule has 2 aromatic carbocycles. The van der Waals surface area contributed by atoms with E-state index in [1.165, 1.54) is 0 Å². The fraction of sp³-hybridized carbons (Fsp3) is 0.400. The maximum absolute atomic E-state index is 12.2. The van der Waals surface area contributed by atoms with E-state index >= 15 is 0 Å². The zero-order chi connectivity index (χ0) is 18.3. The Kier molecular flexibility index (Phi) is 8.55. The first-order valence-electron chi connectivity index (χ1n) is 8.76. The second-order valence-corrected chi connectivity index (χ2v) is 6.44. The lowest BCUT2D eigenvalue weighted by Gasteiger charge is -2.26. The Bertz CT molecular complexity index is 739. The standard InChI is InChI=1S/C20H27N3O2.ClH/c1-3-20(21,4-2)14-23-19(25)13-22-18(24)12-16-10-7-9-15-8-5-6-11-17(15)16;/h5-11H,3-4,12-14,21H2,1-2H3,(H,22,24)(H,23,25);1H. The molecule has 0 radical (unpaired) electrons. The summed E-state index contributed by atoms with van der Waals surface area (Å²) in [5, 5.41) is 7.63. The van der Waals surface area contributed by atoms with E-state index in [0.717, 1.165) is 29.2 Å². The first-order valence-corrected chi connectivity index (χ1v) is 8.76. The molecule has 4 N–H and O–H groups in total.